The molecule has 1 unspecified atom stereocenters. The van der Waals surface area contributed by atoms with Crippen LogP contribution >= 0.6 is 0 Å². The molecule has 2 fully saturated rings. The van der Waals surface area contributed by atoms with Crippen molar-refractivity contribution in [1.29, 1.82) is 0 Å². The van der Waals surface area contributed by atoms with E-state index in [-0.39, 0.29) is 5.82 Å². The van der Waals surface area contributed by atoms with Gasteiger partial charge in [-0.05, 0) is 43.9 Å². The molecule has 3 rings (SSSR count). The highest BCUT2D eigenvalue weighted by molar-refractivity contribution is 5.51. The Morgan fingerprint density at radius 1 is 1.29 bits per heavy atom. The molecule has 1 saturated heterocycles. The average molecular weight is 234 g/mol. The highest BCUT2D eigenvalue weighted by Gasteiger charge is 2.34. The monoisotopic (exact) mass is 234 g/mol. The molecule has 0 amide bonds. The van der Waals surface area contributed by atoms with E-state index < -0.39 is 0 Å². The van der Waals surface area contributed by atoms with Crippen LogP contribution in [0.2, 0.25) is 0 Å². The summed E-state index contributed by atoms with van der Waals surface area (Å²) >= 11 is 0. The molecule has 0 radical (unpaired) electrons. The highest BCUT2D eigenvalue weighted by Crippen LogP contribution is 2.31. The van der Waals surface area contributed by atoms with Gasteiger partial charge in [0, 0.05) is 30.9 Å². The number of halogens is 1. The van der Waals surface area contributed by atoms with Crippen molar-refractivity contribution in [2.45, 2.75) is 38.3 Å². The summed E-state index contributed by atoms with van der Waals surface area (Å²) in [7, 11) is 0. The van der Waals surface area contributed by atoms with Crippen molar-refractivity contribution >= 4 is 5.69 Å². The Morgan fingerprint density at radius 3 is 2.88 bits per heavy atom. The first-order valence-corrected chi connectivity index (χ1v) is 6.49. The predicted octanol–water partition coefficient (Wildman–Crippen LogP) is 2.78. The largest absolute Gasteiger partial charge is 0.381 e. The third-order valence-corrected chi connectivity index (χ3v) is 3.84. The van der Waals surface area contributed by atoms with Gasteiger partial charge in [-0.25, -0.2) is 4.39 Å². The molecule has 2 aliphatic rings. The molecule has 1 saturated carbocycles. The Balaban J connectivity index is 1.64. The molecule has 1 aliphatic carbocycles. The van der Waals surface area contributed by atoms with Gasteiger partial charge in [0.05, 0.1) is 0 Å². The smallest absolute Gasteiger partial charge is 0.125 e. The fraction of sp³-hybridized carbons (Fsp3) is 0.571. The van der Waals surface area contributed by atoms with Crippen molar-refractivity contribution in [1.82, 2.24) is 4.90 Å². The first-order chi connectivity index (χ1) is 8.22. The van der Waals surface area contributed by atoms with Crippen LogP contribution in [0.3, 0.4) is 0 Å². The fourth-order valence-corrected chi connectivity index (χ4v) is 2.65. The van der Waals surface area contributed by atoms with Gasteiger partial charge < -0.3 is 5.32 Å². The predicted molar refractivity (Wildman–Crippen MR) is 67.8 cm³/mol. The minimum Gasteiger partial charge on any atom is -0.381 e. The number of hydrogen-bond donors (Lipinski definition) is 1. The topological polar surface area (TPSA) is 15.3 Å². The van der Waals surface area contributed by atoms with Gasteiger partial charge in [0.2, 0.25) is 0 Å². The van der Waals surface area contributed by atoms with Crippen LogP contribution in [0, 0.1) is 12.7 Å². The second-order valence-corrected chi connectivity index (χ2v) is 5.32. The van der Waals surface area contributed by atoms with Gasteiger partial charge in [-0.3, -0.25) is 4.90 Å². The Hall–Kier alpha value is -1.09. The molecular formula is C14H19FN2. The van der Waals surface area contributed by atoms with E-state index in [4.69, 9.17) is 0 Å². The molecule has 3 heteroatoms. The van der Waals surface area contributed by atoms with E-state index in [1.807, 2.05) is 13.0 Å². The molecule has 0 spiro atoms. The lowest BCUT2D eigenvalue weighted by Crippen LogP contribution is -2.27. The fourth-order valence-electron chi connectivity index (χ4n) is 2.65. The van der Waals surface area contributed by atoms with Gasteiger partial charge in [0.1, 0.15) is 5.82 Å². The van der Waals surface area contributed by atoms with Gasteiger partial charge >= 0.3 is 0 Å². The van der Waals surface area contributed by atoms with Crippen molar-refractivity contribution < 1.29 is 4.39 Å². The van der Waals surface area contributed by atoms with Crippen LogP contribution in [-0.4, -0.2) is 30.1 Å². The molecule has 1 aliphatic heterocycles. The van der Waals surface area contributed by atoms with Crippen LogP contribution < -0.4 is 5.32 Å². The summed E-state index contributed by atoms with van der Waals surface area (Å²) in [6, 6.07) is 6.29. The zero-order valence-electron chi connectivity index (χ0n) is 10.2. The van der Waals surface area contributed by atoms with E-state index in [1.165, 1.54) is 31.9 Å². The number of anilines is 1. The maximum absolute atomic E-state index is 13.2. The Kier molecular flexibility index (Phi) is 2.79. The molecule has 1 N–H and O–H groups in total. The summed E-state index contributed by atoms with van der Waals surface area (Å²) in [4.78, 5) is 2.56. The molecule has 0 aromatic heterocycles. The van der Waals surface area contributed by atoms with Gasteiger partial charge in [-0.15, -0.1) is 0 Å². The highest BCUT2D eigenvalue weighted by atomic mass is 19.1. The molecule has 17 heavy (non-hydrogen) atoms. The van der Waals surface area contributed by atoms with Crippen molar-refractivity contribution in [2.24, 2.45) is 0 Å². The summed E-state index contributed by atoms with van der Waals surface area (Å²) < 4.78 is 13.2. The lowest BCUT2D eigenvalue weighted by atomic mass is 10.1. The number of aryl methyl sites for hydroxylation is 1. The van der Waals surface area contributed by atoms with Gasteiger partial charge in [0.15, 0.2) is 0 Å². The van der Waals surface area contributed by atoms with Gasteiger partial charge in [0.25, 0.3) is 0 Å². The molecule has 92 valence electrons. The number of rotatable bonds is 3. The van der Waals surface area contributed by atoms with E-state index in [2.05, 4.69) is 10.2 Å². The van der Waals surface area contributed by atoms with E-state index in [0.717, 1.165) is 23.8 Å². The lowest BCUT2D eigenvalue weighted by Gasteiger charge is -2.18. The third-order valence-electron chi connectivity index (χ3n) is 3.84. The Morgan fingerprint density at radius 2 is 2.12 bits per heavy atom. The normalized spacial score (nSPS) is 25.2. The van der Waals surface area contributed by atoms with Crippen LogP contribution in [0.15, 0.2) is 18.2 Å². The summed E-state index contributed by atoms with van der Waals surface area (Å²) in [6.07, 6.45) is 3.91. The second kappa shape index (κ2) is 4.30. The molecule has 1 aromatic rings. The Bertz CT molecular complexity index is 415. The number of nitrogens with one attached hydrogen (secondary N) is 1. The maximum atomic E-state index is 13.2. The third kappa shape index (κ3) is 2.44. The van der Waals surface area contributed by atoms with E-state index in [9.17, 15) is 4.39 Å². The molecule has 1 aromatic carbocycles. The molecular weight excluding hydrogens is 215 g/mol. The average Bonchev–Trinajstić information content (AvgIpc) is 3.05. The second-order valence-electron chi connectivity index (χ2n) is 5.32. The Labute approximate surface area is 102 Å². The summed E-state index contributed by atoms with van der Waals surface area (Å²) in [5.74, 6) is -0.157. The molecule has 0 bridgehead atoms. The number of hydrogen-bond acceptors (Lipinski definition) is 2. The minimum absolute atomic E-state index is 0.157. The van der Waals surface area contributed by atoms with Crippen molar-refractivity contribution in [3.8, 4) is 0 Å². The van der Waals surface area contributed by atoms with E-state index >= 15 is 0 Å². The number of nitrogens with zero attached hydrogens (tertiary/aromatic N) is 1. The van der Waals surface area contributed by atoms with Crippen LogP contribution in [0.4, 0.5) is 10.1 Å². The van der Waals surface area contributed by atoms with E-state index in [1.54, 1.807) is 6.07 Å². The minimum atomic E-state index is -0.157. The summed E-state index contributed by atoms with van der Waals surface area (Å²) in [5.41, 5.74) is 2.07. The molecule has 1 atom stereocenters. The van der Waals surface area contributed by atoms with Crippen LogP contribution in [0.1, 0.15) is 24.8 Å². The number of benzene rings is 1. The maximum Gasteiger partial charge on any atom is 0.125 e. The molecule has 1 heterocycles. The standard InChI is InChI=1S/C14H19FN2/c1-10-2-3-11(15)8-14(10)16-12-6-7-17(9-12)13-4-5-13/h2-3,8,12-13,16H,4-7,9H2,1H3. The van der Waals surface area contributed by atoms with Crippen LogP contribution in [-0.2, 0) is 0 Å². The SMILES string of the molecule is Cc1ccc(F)cc1NC1CCN(C2CC2)C1. The van der Waals surface area contributed by atoms with Gasteiger partial charge in [-0.1, -0.05) is 6.07 Å². The van der Waals surface area contributed by atoms with E-state index in [0.29, 0.717) is 6.04 Å². The van der Waals surface area contributed by atoms with Crippen LogP contribution in [0.5, 0.6) is 0 Å². The lowest BCUT2D eigenvalue weighted by molar-refractivity contribution is 0.326. The molecule has 2 nitrogen and oxygen atoms in total. The quantitative estimate of drug-likeness (QED) is 0.865. The first-order valence-electron chi connectivity index (χ1n) is 6.49. The number of likely N-dealkylation sites (tertiary alicyclic amines) is 1. The summed E-state index contributed by atoms with van der Waals surface area (Å²) in [6.45, 7) is 4.33. The zero-order valence-corrected chi connectivity index (χ0v) is 10.2. The van der Waals surface area contributed by atoms with Crippen LogP contribution in [0.25, 0.3) is 0 Å². The van der Waals surface area contributed by atoms with Crippen molar-refractivity contribution in [2.75, 3.05) is 18.4 Å². The zero-order chi connectivity index (χ0) is 11.8. The van der Waals surface area contributed by atoms with Gasteiger partial charge in [-0.2, -0.15) is 0 Å². The summed E-state index contributed by atoms with van der Waals surface area (Å²) in [5, 5.41) is 3.48. The van der Waals surface area contributed by atoms with Crippen molar-refractivity contribution in [3.63, 3.8) is 0 Å². The van der Waals surface area contributed by atoms with Crippen molar-refractivity contribution in [3.05, 3.63) is 29.6 Å². The first kappa shape index (κ1) is 11.0.